The fourth-order valence-electron chi connectivity index (χ4n) is 5.56. The highest BCUT2D eigenvalue weighted by atomic mass is 16.5. The summed E-state index contributed by atoms with van der Waals surface area (Å²) in [5, 5.41) is 2.88. The number of carbonyl (C=O) groups excluding carboxylic acids is 2. The minimum Gasteiger partial charge on any atom is -0.467 e. The monoisotopic (exact) mass is 588 g/mol. The van der Waals surface area contributed by atoms with E-state index in [1.54, 1.807) is 24.4 Å². The summed E-state index contributed by atoms with van der Waals surface area (Å²) in [6.45, 7) is 0. The maximum Gasteiger partial charge on any atom is 0.328 e. The van der Waals surface area contributed by atoms with Gasteiger partial charge in [-0.1, -0.05) is 133 Å². The highest BCUT2D eigenvalue weighted by Gasteiger charge is 2.26. The molecule has 0 saturated heterocycles. The minimum atomic E-state index is -0.934. The van der Waals surface area contributed by atoms with Gasteiger partial charge in [0, 0.05) is 12.6 Å². The average Bonchev–Trinajstić information content (AvgIpc) is 3.12. The maximum absolute atomic E-state index is 13.1. The second kappa shape index (κ2) is 13.7. The third-order valence-corrected chi connectivity index (χ3v) is 7.88. The van der Waals surface area contributed by atoms with Crippen LogP contribution in [0.1, 0.15) is 16.1 Å². The van der Waals surface area contributed by atoms with Crippen LogP contribution < -0.4 is 5.32 Å². The van der Waals surface area contributed by atoms with Gasteiger partial charge in [0.05, 0.1) is 7.11 Å². The number of esters is 1. The van der Waals surface area contributed by atoms with Gasteiger partial charge in [0.1, 0.15) is 11.7 Å². The number of nitrogens with zero attached hydrogens (tertiary/aromatic N) is 1. The molecule has 1 aromatic heterocycles. The van der Waals surface area contributed by atoms with Gasteiger partial charge in [0.2, 0.25) is 0 Å². The molecule has 5 aromatic carbocycles. The Morgan fingerprint density at radius 2 is 1.04 bits per heavy atom. The lowest BCUT2D eigenvalue weighted by Crippen LogP contribution is -2.43. The van der Waals surface area contributed by atoms with E-state index < -0.39 is 17.9 Å². The average molecular weight is 589 g/mol. The molecular weight excluding hydrogens is 556 g/mol. The van der Waals surface area contributed by atoms with Gasteiger partial charge in [0.25, 0.3) is 5.91 Å². The molecule has 1 atom stereocenters. The van der Waals surface area contributed by atoms with Crippen molar-refractivity contribution in [2.45, 2.75) is 12.5 Å². The first-order valence-electron chi connectivity index (χ1n) is 14.8. The first-order valence-corrected chi connectivity index (χ1v) is 14.8. The summed E-state index contributed by atoms with van der Waals surface area (Å²) in [7, 11) is 1.33. The summed E-state index contributed by atoms with van der Waals surface area (Å²) in [5.41, 5.74) is 9.62. The van der Waals surface area contributed by atoms with Crippen molar-refractivity contribution in [1.29, 1.82) is 0 Å². The molecule has 1 N–H and O–H groups in total. The number of pyridine rings is 1. The number of aromatic nitrogens is 1. The molecule has 1 unspecified atom stereocenters. The van der Waals surface area contributed by atoms with Crippen molar-refractivity contribution in [3.05, 3.63) is 163 Å². The summed E-state index contributed by atoms with van der Waals surface area (Å²) in [4.78, 5) is 30.4. The van der Waals surface area contributed by atoms with E-state index in [9.17, 15) is 9.59 Å². The van der Waals surface area contributed by atoms with E-state index in [1.165, 1.54) is 7.11 Å². The summed E-state index contributed by atoms with van der Waals surface area (Å²) in [6, 6.07) is 47.6. The molecule has 220 valence electrons. The van der Waals surface area contributed by atoms with Crippen LogP contribution in [-0.4, -0.2) is 30.0 Å². The number of nitrogens with one attached hydrogen (secondary N) is 1. The second-order valence-corrected chi connectivity index (χ2v) is 10.7. The van der Waals surface area contributed by atoms with E-state index in [1.807, 2.05) is 42.5 Å². The largest absolute Gasteiger partial charge is 0.467 e. The number of carbonyl (C=O) groups is 2. The summed E-state index contributed by atoms with van der Waals surface area (Å²) >= 11 is 0. The fourth-order valence-corrected chi connectivity index (χ4v) is 5.56. The van der Waals surface area contributed by atoms with Gasteiger partial charge in [-0.25, -0.2) is 4.79 Å². The third kappa shape index (κ3) is 6.73. The Morgan fingerprint density at radius 1 is 0.578 bits per heavy atom. The van der Waals surface area contributed by atoms with Crippen molar-refractivity contribution in [1.82, 2.24) is 10.3 Å². The van der Waals surface area contributed by atoms with Gasteiger partial charge in [-0.2, -0.15) is 0 Å². The van der Waals surface area contributed by atoms with Crippen LogP contribution in [0.15, 0.2) is 152 Å². The second-order valence-electron chi connectivity index (χ2n) is 10.7. The predicted octanol–water partition coefficient (Wildman–Crippen LogP) is 8.26. The van der Waals surface area contributed by atoms with Crippen LogP contribution in [0.25, 0.3) is 44.5 Å². The van der Waals surface area contributed by atoms with E-state index in [-0.39, 0.29) is 12.1 Å². The Hall–Kier alpha value is -5.81. The van der Waals surface area contributed by atoms with E-state index in [0.717, 1.165) is 50.1 Å². The Balaban J connectivity index is 1.42. The smallest absolute Gasteiger partial charge is 0.328 e. The zero-order valence-corrected chi connectivity index (χ0v) is 24.9. The number of hydrogen-bond acceptors (Lipinski definition) is 4. The molecule has 0 fully saturated rings. The Bertz CT molecular complexity index is 1790. The SMILES string of the molecule is COC(=O)C(Cc1c(-c2ccc(-c3ccccc3)cc2)cccc1-c1ccc(-c2ccccc2)cc1)NC(=O)c1ccccn1. The third-order valence-electron chi connectivity index (χ3n) is 7.88. The lowest BCUT2D eigenvalue weighted by atomic mass is 9.87. The normalized spacial score (nSPS) is 11.4. The van der Waals surface area contributed by atoms with Gasteiger partial charge >= 0.3 is 5.97 Å². The first kappa shape index (κ1) is 29.3. The number of methoxy groups -OCH3 is 1. The quantitative estimate of drug-likeness (QED) is 0.173. The van der Waals surface area contributed by atoms with Crippen molar-refractivity contribution in [3.8, 4) is 44.5 Å². The molecule has 45 heavy (non-hydrogen) atoms. The topological polar surface area (TPSA) is 68.3 Å². The molecule has 6 rings (SSSR count). The fraction of sp³-hybridized carbons (Fsp3) is 0.0750. The Kier molecular flexibility index (Phi) is 8.88. The molecule has 0 aliphatic heterocycles. The van der Waals surface area contributed by atoms with E-state index in [2.05, 4.69) is 95.2 Å². The zero-order chi connectivity index (χ0) is 31.0. The standard InChI is InChI=1S/C40H32N2O3/c1-45-40(44)38(42-39(43)37-17-8-9-26-41-37)27-36-34(32-22-18-30(19-23-32)28-11-4-2-5-12-28)15-10-16-35(36)33-24-20-31(21-25-33)29-13-6-3-7-14-29/h2-26,38H,27H2,1H3,(H,42,43). The van der Waals surface area contributed by atoms with Crippen molar-refractivity contribution in [2.24, 2.45) is 0 Å². The lowest BCUT2D eigenvalue weighted by Gasteiger charge is -2.21. The van der Waals surface area contributed by atoms with Crippen LogP contribution in [0, 0.1) is 0 Å². The highest BCUT2D eigenvalue weighted by Crippen LogP contribution is 2.35. The van der Waals surface area contributed by atoms with Gasteiger partial charge in [-0.3, -0.25) is 9.78 Å². The van der Waals surface area contributed by atoms with Crippen molar-refractivity contribution in [3.63, 3.8) is 0 Å². The number of ether oxygens (including phenoxy) is 1. The molecule has 1 amide bonds. The number of rotatable bonds is 9. The number of hydrogen-bond donors (Lipinski definition) is 1. The lowest BCUT2D eigenvalue weighted by molar-refractivity contribution is -0.142. The van der Waals surface area contributed by atoms with E-state index in [0.29, 0.717) is 0 Å². The van der Waals surface area contributed by atoms with Crippen LogP contribution in [-0.2, 0) is 16.0 Å². The molecule has 0 radical (unpaired) electrons. The molecule has 0 saturated carbocycles. The van der Waals surface area contributed by atoms with Gasteiger partial charge in [-0.05, 0) is 62.2 Å². The Morgan fingerprint density at radius 3 is 1.51 bits per heavy atom. The van der Waals surface area contributed by atoms with Crippen LogP contribution in [0.5, 0.6) is 0 Å². The van der Waals surface area contributed by atoms with Crippen LogP contribution in [0.3, 0.4) is 0 Å². The van der Waals surface area contributed by atoms with E-state index in [4.69, 9.17) is 4.74 Å². The summed E-state index contributed by atoms with van der Waals surface area (Å²) in [6.07, 6.45) is 1.77. The number of amides is 1. The van der Waals surface area contributed by atoms with Gasteiger partial charge in [-0.15, -0.1) is 0 Å². The van der Waals surface area contributed by atoms with Crippen molar-refractivity contribution in [2.75, 3.05) is 7.11 Å². The van der Waals surface area contributed by atoms with Gasteiger partial charge in [0.15, 0.2) is 0 Å². The van der Waals surface area contributed by atoms with E-state index >= 15 is 0 Å². The molecule has 0 aliphatic carbocycles. The van der Waals surface area contributed by atoms with Crippen LogP contribution in [0.2, 0.25) is 0 Å². The molecule has 0 bridgehead atoms. The maximum atomic E-state index is 13.1. The van der Waals surface area contributed by atoms with Crippen molar-refractivity contribution < 1.29 is 14.3 Å². The molecule has 6 aromatic rings. The Labute approximate surface area is 263 Å². The van der Waals surface area contributed by atoms with Crippen molar-refractivity contribution >= 4 is 11.9 Å². The molecule has 0 aliphatic rings. The molecular formula is C40H32N2O3. The predicted molar refractivity (Wildman–Crippen MR) is 179 cm³/mol. The van der Waals surface area contributed by atoms with Gasteiger partial charge < -0.3 is 10.1 Å². The summed E-state index contributed by atoms with van der Waals surface area (Å²) in [5.74, 6) is -0.969. The van der Waals surface area contributed by atoms with Crippen LogP contribution >= 0.6 is 0 Å². The molecule has 5 heteroatoms. The summed E-state index contributed by atoms with van der Waals surface area (Å²) < 4.78 is 5.17. The zero-order valence-electron chi connectivity index (χ0n) is 24.9. The molecule has 5 nitrogen and oxygen atoms in total. The highest BCUT2D eigenvalue weighted by molar-refractivity contribution is 5.95. The number of benzene rings is 5. The minimum absolute atomic E-state index is 0.220. The molecule has 1 heterocycles. The first-order chi connectivity index (χ1) is 22.1. The van der Waals surface area contributed by atoms with Crippen LogP contribution in [0.4, 0.5) is 0 Å². The molecule has 0 spiro atoms.